The second-order valence-electron chi connectivity index (χ2n) is 8.71. The molecule has 33 heavy (non-hydrogen) atoms. The van der Waals surface area contributed by atoms with Crippen molar-refractivity contribution in [2.45, 2.75) is 46.3 Å². The van der Waals surface area contributed by atoms with E-state index in [4.69, 9.17) is 4.98 Å². The number of thiophene rings is 1. The molecule has 0 bridgehead atoms. The summed E-state index contributed by atoms with van der Waals surface area (Å²) < 4.78 is 38.3. The molecule has 0 saturated carbocycles. The highest BCUT2D eigenvalue weighted by atomic mass is 32.1. The van der Waals surface area contributed by atoms with E-state index in [0.29, 0.717) is 50.3 Å². The van der Waals surface area contributed by atoms with Gasteiger partial charge in [-0.25, -0.2) is 9.97 Å². The molecular weight excluding hydrogens is 451 g/mol. The second kappa shape index (κ2) is 9.42. The van der Waals surface area contributed by atoms with Crippen molar-refractivity contribution in [2.75, 3.05) is 31.1 Å². The Labute approximate surface area is 194 Å². The van der Waals surface area contributed by atoms with Gasteiger partial charge in [0.05, 0.1) is 17.5 Å². The van der Waals surface area contributed by atoms with E-state index in [2.05, 4.69) is 35.6 Å². The number of fused-ring (bicyclic) bond motifs is 1. The molecule has 178 valence electrons. The summed E-state index contributed by atoms with van der Waals surface area (Å²) in [6.45, 7) is 9.61. The van der Waals surface area contributed by atoms with Crippen molar-refractivity contribution < 1.29 is 13.2 Å². The number of aromatic nitrogens is 3. The van der Waals surface area contributed by atoms with Crippen LogP contribution >= 0.6 is 11.3 Å². The summed E-state index contributed by atoms with van der Waals surface area (Å²) >= 11 is 1.58. The number of piperazine rings is 1. The van der Waals surface area contributed by atoms with Crippen LogP contribution in [-0.2, 0) is 19.1 Å². The number of pyridine rings is 1. The van der Waals surface area contributed by atoms with Gasteiger partial charge in [-0.3, -0.25) is 9.69 Å². The van der Waals surface area contributed by atoms with Crippen molar-refractivity contribution in [1.82, 2.24) is 19.9 Å². The third-order valence-corrected chi connectivity index (χ3v) is 7.35. The van der Waals surface area contributed by atoms with Gasteiger partial charge in [-0.05, 0) is 37.0 Å². The molecule has 0 amide bonds. The van der Waals surface area contributed by atoms with Gasteiger partial charge in [0.15, 0.2) is 0 Å². The number of nitrogens with one attached hydrogen (secondary N) is 1. The minimum Gasteiger partial charge on any atom is -0.354 e. The minimum absolute atomic E-state index is 0.0785. The van der Waals surface area contributed by atoms with Crippen LogP contribution in [0.15, 0.2) is 23.1 Å². The summed E-state index contributed by atoms with van der Waals surface area (Å²) in [7, 11) is 0. The van der Waals surface area contributed by atoms with Crippen LogP contribution in [0.4, 0.5) is 19.0 Å². The predicted octanol–water partition coefficient (Wildman–Crippen LogP) is 4.62. The van der Waals surface area contributed by atoms with Gasteiger partial charge in [0.25, 0.3) is 5.56 Å². The number of rotatable bonds is 6. The maximum absolute atomic E-state index is 12.9. The lowest BCUT2D eigenvalue weighted by atomic mass is 9.98. The number of halogens is 3. The molecule has 6 nitrogen and oxygen atoms in total. The van der Waals surface area contributed by atoms with E-state index in [-0.39, 0.29) is 5.56 Å². The zero-order valence-electron chi connectivity index (χ0n) is 19.0. The second-order valence-corrected chi connectivity index (χ2v) is 9.92. The first-order valence-corrected chi connectivity index (χ1v) is 12.0. The van der Waals surface area contributed by atoms with Crippen molar-refractivity contribution in [3.63, 3.8) is 0 Å². The molecule has 3 aromatic heterocycles. The molecule has 0 radical (unpaired) electrons. The number of H-pyrrole nitrogens is 1. The van der Waals surface area contributed by atoms with Gasteiger partial charge < -0.3 is 9.88 Å². The van der Waals surface area contributed by atoms with Crippen molar-refractivity contribution in [2.24, 2.45) is 5.92 Å². The number of aromatic amines is 1. The first kappa shape index (κ1) is 23.7. The molecule has 1 N–H and O–H groups in total. The van der Waals surface area contributed by atoms with E-state index in [1.165, 1.54) is 6.07 Å². The highest BCUT2D eigenvalue weighted by Crippen LogP contribution is 2.31. The fourth-order valence-electron chi connectivity index (χ4n) is 4.12. The van der Waals surface area contributed by atoms with Gasteiger partial charge >= 0.3 is 6.18 Å². The van der Waals surface area contributed by atoms with E-state index in [1.54, 1.807) is 11.3 Å². The van der Waals surface area contributed by atoms with Crippen molar-refractivity contribution >= 4 is 27.4 Å². The third kappa shape index (κ3) is 5.22. The number of alkyl halides is 3. The summed E-state index contributed by atoms with van der Waals surface area (Å²) in [6, 6.07) is 2.48. The van der Waals surface area contributed by atoms with E-state index in [9.17, 15) is 18.0 Å². The Morgan fingerprint density at radius 1 is 1.21 bits per heavy atom. The lowest BCUT2D eigenvalue weighted by Gasteiger charge is -2.35. The first-order chi connectivity index (χ1) is 15.7. The standard InChI is InChI=1S/C23H28F3N5OS/c1-4-14(2)11-17-15(3)33-22-20(17)21(32)28-18(29-22)13-30-7-9-31(10-8-30)19-6-5-16(12-27-19)23(24,25)26/h5-6,12,14H,4,7-11,13H2,1-3H3,(H,28,29,32)/t14-/m0/s1. The van der Waals surface area contributed by atoms with Gasteiger partial charge in [0.2, 0.25) is 0 Å². The van der Waals surface area contributed by atoms with Crippen LogP contribution in [0, 0.1) is 12.8 Å². The Hall–Kier alpha value is -2.46. The summed E-state index contributed by atoms with van der Waals surface area (Å²) in [5, 5.41) is 0.722. The third-order valence-electron chi connectivity index (χ3n) is 6.31. The molecule has 0 unspecified atom stereocenters. The van der Waals surface area contributed by atoms with E-state index < -0.39 is 11.7 Å². The number of hydrogen-bond acceptors (Lipinski definition) is 6. The van der Waals surface area contributed by atoms with E-state index >= 15 is 0 Å². The molecule has 1 aliphatic rings. The Bertz CT molecular complexity index is 1160. The van der Waals surface area contributed by atoms with Crippen LogP contribution in [0.1, 0.15) is 42.1 Å². The Kier molecular flexibility index (Phi) is 6.76. The Morgan fingerprint density at radius 3 is 2.55 bits per heavy atom. The average molecular weight is 480 g/mol. The maximum atomic E-state index is 12.9. The number of nitrogens with zero attached hydrogens (tertiary/aromatic N) is 4. The highest BCUT2D eigenvalue weighted by Gasteiger charge is 2.31. The van der Waals surface area contributed by atoms with E-state index in [1.807, 2.05) is 4.90 Å². The fraction of sp³-hybridized carbons (Fsp3) is 0.522. The van der Waals surface area contributed by atoms with Gasteiger partial charge in [0.1, 0.15) is 16.5 Å². The summed E-state index contributed by atoms with van der Waals surface area (Å²) in [6.07, 6.45) is -1.56. The van der Waals surface area contributed by atoms with Crippen LogP contribution in [0.2, 0.25) is 0 Å². The molecule has 4 heterocycles. The number of hydrogen-bond donors (Lipinski definition) is 1. The number of anilines is 1. The molecule has 1 saturated heterocycles. The molecule has 4 rings (SSSR count). The molecule has 0 aliphatic carbocycles. The average Bonchev–Trinajstić information content (AvgIpc) is 3.09. The van der Waals surface area contributed by atoms with E-state index in [0.717, 1.165) is 45.8 Å². The van der Waals surface area contributed by atoms with Gasteiger partial charge in [-0.15, -0.1) is 11.3 Å². The molecule has 10 heteroatoms. The van der Waals surface area contributed by atoms with Crippen LogP contribution in [0.3, 0.4) is 0 Å². The van der Waals surface area contributed by atoms with Gasteiger partial charge in [0, 0.05) is 37.3 Å². The molecule has 1 atom stereocenters. The van der Waals surface area contributed by atoms with Crippen LogP contribution < -0.4 is 10.5 Å². The monoisotopic (exact) mass is 479 g/mol. The van der Waals surface area contributed by atoms with Crippen LogP contribution in [0.25, 0.3) is 10.2 Å². The highest BCUT2D eigenvalue weighted by molar-refractivity contribution is 7.18. The Morgan fingerprint density at radius 2 is 1.94 bits per heavy atom. The fourth-order valence-corrected chi connectivity index (χ4v) is 5.19. The first-order valence-electron chi connectivity index (χ1n) is 11.2. The molecule has 0 aromatic carbocycles. The Balaban J connectivity index is 1.42. The summed E-state index contributed by atoms with van der Waals surface area (Å²) in [5.74, 6) is 1.69. The lowest BCUT2D eigenvalue weighted by Crippen LogP contribution is -2.46. The smallest absolute Gasteiger partial charge is 0.354 e. The van der Waals surface area contributed by atoms with Crippen LogP contribution in [-0.4, -0.2) is 46.0 Å². The molecular formula is C23H28F3N5OS. The summed E-state index contributed by atoms with van der Waals surface area (Å²) in [5.41, 5.74) is 0.291. The minimum atomic E-state index is -4.38. The summed E-state index contributed by atoms with van der Waals surface area (Å²) in [4.78, 5) is 30.7. The number of aryl methyl sites for hydroxylation is 1. The van der Waals surface area contributed by atoms with Crippen molar-refractivity contribution in [3.8, 4) is 0 Å². The zero-order chi connectivity index (χ0) is 23.8. The zero-order valence-corrected chi connectivity index (χ0v) is 19.8. The normalized spacial score (nSPS) is 16.5. The molecule has 3 aromatic rings. The largest absolute Gasteiger partial charge is 0.417 e. The van der Waals surface area contributed by atoms with Crippen molar-refractivity contribution in [1.29, 1.82) is 0 Å². The van der Waals surface area contributed by atoms with Gasteiger partial charge in [-0.1, -0.05) is 20.3 Å². The molecule has 0 spiro atoms. The lowest BCUT2D eigenvalue weighted by molar-refractivity contribution is -0.137. The topological polar surface area (TPSA) is 65.1 Å². The molecule has 1 fully saturated rings. The van der Waals surface area contributed by atoms with Crippen molar-refractivity contribution in [3.05, 3.63) is 50.5 Å². The SMILES string of the molecule is CC[C@H](C)Cc1c(C)sc2nc(CN3CCN(c4ccc(C(F)(F)F)cn4)CC3)[nH]c(=O)c12. The predicted molar refractivity (Wildman–Crippen MR) is 125 cm³/mol. The molecule has 1 aliphatic heterocycles. The van der Waals surface area contributed by atoms with Crippen LogP contribution in [0.5, 0.6) is 0 Å². The maximum Gasteiger partial charge on any atom is 0.417 e. The quantitative estimate of drug-likeness (QED) is 0.559. The van der Waals surface area contributed by atoms with Gasteiger partial charge in [-0.2, -0.15) is 13.2 Å².